The first-order valence-electron chi connectivity index (χ1n) is 21.3. The average Bonchev–Trinajstić information content (AvgIpc) is 4.12. The van der Waals surface area contributed by atoms with E-state index in [9.17, 15) is 28.1 Å². The van der Waals surface area contributed by atoms with Gasteiger partial charge in [0, 0.05) is 40.8 Å². The van der Waals surface area contributed by atoms with Crippen molar-refractivity contribution in [1.82, 2.24) is 19.9 Å². The van der Waals surface area contributed by atoms with Crippen LogP contribution in [-0.4, -0.2) is 95.5 Å². The molecule has 8 rings (SSSR count). The molecule has 3 N–H and O–H groups in total. The summed E-state index contributed by atoms with van der Waals surface area (Å²) >= 11 is 1.65. The van der Waals surface area contributed by atoms with Gasteiger partial charge in [0.05, 0.1) is 47.8 Å². The first kappa shape index (κ1) is 42.5. The van der Waals surface area contributed by atoms with Gasteiger partial charge in [0.1, 0.15) is 40.3 Å². The quantitative estimate of drug-likeness (QED) is 0.210. The van der Waals surface area contributed by atoms with E-state index in [-0.39, 0.29) is 31.3 Å². The molecule has 1 aromatic heterocycles. The molecule has 0 spiro atoms. The van der Waals surface area contributed by atoms with Gasteiger partial charge < -0.3 is 25.0 Å². The lowest BCUT2D eigenvalue weighted by Gasteiger charge is -2.30. The van der Waals surface area contributed by atoms with Crippen molar-refractivity contribution in [1.29, 1.82) is 5.26 Å². The Hall–Kier alpha value is -5.14. The number of thioether (sulfide) groups is 1. The number of carbonyl (C=O) groups is 3. The van der Waals surface area contributed by atoms with E-state index in [2.05, 4.69) is 35.3 Å². The van der Waals surface area contributed by atoms with Gasteiger partial charge in [-0.2, -0.15) is 5.26 Å². The lowest BCUT2D eigenvalue weighted by molar-refractivity contribution is -0.140. The summed E-state index contributed by atoms with van der Waals surface area (Å²) in [6.07, 6.45) is 8.14. The third kappa shape index (κ3) is 8.95. The normalized spacial score (nSPS) is 27.4. The number of hydrogen-bond acceptors (Lipinski definition) is 12. The van der Waals surface area contributed by atoms with E-state index >= 15 is 0 Å². The molecule has 2 saturated carbocycles. The van der Waals surface area contributed by atoms with Crippen molar-refractivity contribution in [3.63, 3.8) is 0 Å². The number of hydrogen-bond donors (Lipinski definition) is 3. The number of pyridine rings is 1. The van der Waals surface area contributed by atoms with Gasteiger partial charge in [0.25, 0.3) is 5.91 Å². The van der Waals surface area contributed by atoms with Crippen molar-refractivity contribution in [2.24, 2.45) is 16.8 Å². The number of aliphatic imine (C=N–C) groups is 1. The Bertz CT molecular complexity index is 2450. The summed E-state index contributed by atoms with van der Waals surface area (Å²) in [5.74, 6) is 0.347. The molecule has 5 aliphatic rings. The molecule has 3 aliphatic heterocycles. The number of ether oxygens (including phenoxy) is 2. The van der Waals surface area contributed by atoms with Crippen molar-refractivity contribution in [2.75, 3.05) is 24.7 Å². The molecule has 3 aromatic rings. The highest BCUT2D eigenvalue weighted by Gasteiger charge is 2.62. The van der Waals surface area contributed by atoms with E-state index in [1.165, 1.54) is 4.90 Å². The zero-order valence-corrected chi connectivity index (χ0v) is 36.6. The molecule has 3 fully saturated rings. The van der Waals surface area contributed by atoms with Gasteiger partial charge in [0.2, 0.25) is 21.8 Å². The predicted octanol–water partition coefficient (Wildman–Crippen LogP) is 5.77. The number of nitriles is 1. The lowest BCUT2D eigenvalue weighted by Crippen LogP contribution is -2.57. The maximum Gasteiger partial charge on any atom is 0.259 e. The van der Waals surface area contributed by atoms with Crippen LogP contribution >= 0.6 is 11.8 Å². The van der Waals surface area contributed by atoms with E-state index in [0.29, 0.717) is 59.1 Å². The minimum absolute atomic E-state index is 0.0608. The number of anilines is 1. The van der Waals surface area contributed by atoms with Gasteiger partial charge in [0.15, 0.2) is 0 Å². The summed E-state index contributed by atoms with van der Waals surface area (Å²) in [5, 5.41) is 16.9. The SMILES string of the molecule is COc1ccc2c(O[C@@H]3C[C@H]4C(=O)N[C@]5(C(=O)NS(=O)(=O)C6CC6)C[C@H]5/C=C\CCCCC[C@H](Nc5cccc(C#N)c5)C(=O)N4C3)cc(C3=NC(C(C)C)CS3)nc2c1C. The van der Waals surface area contributed by atoms with Crippen LogP contribution in [0.3, 0.4) is 0 Å². The third-order valence-electron chi connectivity index (χ3n) is 12.5. The Morgan fingerprint density at radius 2 is 1.92 bits per heavy atom. The summed E-state index contributed by atoms with van der Waals surface area (Å²) in [5.41, 5.74) is 1.75. The molecule has 4 heterocycles. The summed E-state index contributed by atoms with van der Waals surface area (Å²) in [7, 11) is -2.28. The van der Waals surface area contributed by atoms with Gasteiger partial charge >= 0.3 is 0 Å². The number of fused-ring (bicyclic) bond motifs is 3. The Kier molecular flexibility index (Phi) is 12.1. The fourth-order valence-corrected chi connectivity index (χ4v) is 11.2. The number of aryl methyl sites for hydroxylation is 1. The molecule has 14 nitrogen and oxygen atoms in total. The van der Waals surface area contributed by atoms with E-state index in [4.69, 9.17) is 19.5 Å². The van der Waals surface area contributed by atoms with Crippen LogP contribution in [0, 0.1) is 30.1 Å². The largest absolute Gasteiger partial charge is 0.496 e. The highest BCUT2D eigenvalue weighted by Crippen LogP contribution is 2.46. The molecule has 16 heteroatoms. The molecule has 3 amide bonds. The molecule has 1 unspecified atom stereocenters. The standard InChI is InChI=1S/C45H53N7O7S2/c1-26(2)36-25-60-42(49-36)35-21-39(33-17-18-38(58-4)27(3)40(33)48-35)59-31-20-37-41(53)50-45(44(55)51-61(56,57)32-15-16-32)22-29(45)12-8-6-5-7-9-14-34(43(54)52(37)24-31)47-30-13-10-11-28(19-30)23-46/h8,10-13,17-19,21,26,29,31-32,34,36-37,47H,5-7,9,14-16,20,22,24-25H2,1-4H3,(H,50,53)(H,51,55)/b12-8-/t29-,31-,34+,36?,37+,45-/m1/s1. The summed E-state index contributed by atoms with van der Waals surface area (Å²) in [6.45, 7) is 6.31. The van der Waals surface area contributed by atoms with Gasteiger partial charge in [-0.05, 0) is 81.7 Å². The van der Waals surface area contributed by atoms with E-state index in [1.54, 1.807) is 43.1 Å². The molecule has 322 valence electrons. The second-order valence-electron chi connectivity index (χ2n) is 17.2. The molecule has 1 saturated heterocycles. The number of methoxy groups -OCH3 is 1. The maximum atomic E-state index is 14.9. The van der Waals surface area contributed by atoms with Crippen molar-refractivity contribution in [2.45, 2.75) is 114 Å². The van der Waals surface area contributed by atoms with Crippen LogP contribution in [0.15, 0.2) is 59.6 Å². The number of nitrogens with one attached hydrogen (secondary N) is 3. The fraction of sp³-hybridized carbons (Fsp3) is 0.511. The molecule has 0 bridgehead atoms. The van der Waals surface area contributed by atoms with Crippen molar-refractivity contribution in [3.05, 3.63) is 71.4 Å². The molecule has 6 atom stereocenters. The molecule has 61 heavy (non-hydrogen) atoms. The van der Waals surface area contributed by atoms with Crippen LogP contribution in [0.25, 0.3) is 10.9 Å². The topological polar surface area (TPSA) is 192 Å². The fourth-order valence-electron chi connectivity index (χ4n) is 8.59. The minimum atomic E-state index is -3.90. The molecule has 0 radical (unpaired) electrons. The number of amides is 3. The number of aromatic nitrogens is 1. The van der Waals surface area contributed by atoms with Crippen LogP contribution in [0.1, 0.15) is 88.5 Å². The molecular formula is C45H53N7O7S2. The molecule has 2 aromatic carbocycles. The van der Waals surface area contributed by atoms with Crippen LogP contribution in [0.4, 0.5) is 5.69 Å². The van der Waals surface area contributed by atoms with Crippen molar-refractivity contribution >= 4 is 61.1 Å². The van der Waals surface area contributed by atoms with Crippen LogP contribution in [0.2, 0.25) is 0 Å². The minimum Gasteiger partial charge on any atom is -0.496 e. The van der Waals surface area contributed by atoms with Crippen LogP contribution < -0.4 is 24.8 Å². The number of benzene rings is 2. The second-order valence-corrected chi connectivity index (χ2v) is 20.2. The Labute approximate surface area is 361 Å². The number of allylic oxidation sites excluding steroid dienone is 1. The van der Waals surface area contributed by atoms with Gasteiger partial charge in [-0.25, -0.2) is 13.4 Å². The Morgan fingerprint density at radius 3 is 2.66 bits per heavy atom. The number of nitrogens with zero attached hydrogens (tertiary/aromatic N) is 4. The number of carbonyl (C=O) groups excluding carboxylic acids is 3. The van der Waals surface area contributed by atoms with Crippen molar-refractivity contribution < 1.29 is 32.3 Å². The van der Waals surface area contributed by atoms with Crippen LogP contribution in [-0.2, 0) is 24.4 Å². The smallest absolute Gasteiger partial charge is 0.259 e. The highest BCUT2D eigenvalue weighted by atomic mass is 32.2. The van der Waals surface area contributed by atoms with E-state index < -0.39 is 56.7 Å². The number of sulfonamides is 1. The van der Waals surface area contributed by atoms with E-state index in [0.717, 1.165) is 47.4 Å². The Morgan fingerprint density at radius 1 is 1.10 bits per heavy atom. The predicted molar refractivity (Wildman–Crippen MR) is 235 cm³/mol. The first-order valence-corrected chi connectivity index (χ1v) is 23.8. The molecule has 2 aliphatic carbocycles. The highest BCUT2D eigenvalue weighted by molar-refractivity contribution is 8.14. The zero-order chi connectivity index (χ0) is 43.1. The average molecular weight is 868 g/mol. The number of rotatable bonds is 10. The van der Waals surface area contributed by atoms with Gasteiger partial charge in [-0.15, -0.1) is 11.8 Å². The van der Waals surface area contributed by atoms with Gasteiger partial charge in [-0.3, -0.25) is 24.1 Å². The Balaban J connectivity index is 1.15. The second kappa shape index (κ2) is 17.3. The zero-order valence-electron chi connectivity index (χ0n) is 35.0. The first-order chi connectivity index (χ1) is 29.3. The summed E-state index contributed by atoms with van der Waals surface area (Å²) < 4.78 is 40.8. The van der Waals surface area contributed by atoms with Crippen molar-refractivity contribution in [3.8, 4) is 17.6 Å². The summed E-state index contributed by atoms with van der Waals surface area (Å²) in [4.78, 5) is 55.2. The van der Waals surface area contributed by atoms with E-state index in [1.807, 2.05) is 37.3 Å². The third-order valence-corrected chi connectivity index (χ3v) is 15.4. The molecular weight excluding hydrogens is 815 g/mol. The lowest BCUT2D eigenvalue weighted by atomic mass is 10.0. The van der Waals surface area contributed by atoms with Gasteiger partial charge in [-0.1, -0.05) is 44.9 Å². The maximum absolute atomic E-state index is 14.9. The summed E-state index contributed by atoms with van der Waals surface area (Å²) in [6, 6.07) is 13.1. The monoisotopic (exact) mass is 867 g/mol. The van der Waals surface area contributed by atoms with Crippen LogP contribution in [0.5, 0.6) is 11.5 Å².